The first-order chi connectivity index (χ1) is 13.1. The highest BCUT2D eigenvalue weighted by Gasteiger charge is 2.12. The van der Waals surface area contributed by atoms with Crippen LogP contribution < -0.4 is 5.32 Å². The minimum atomic E-state index is -0.0620. The Labute approximate surface area is 167 Å². The highest BCUT2D eigenvalue weighted by molar-refractivity contribution is 9.10. The fraction of sp³-hybridized carbons (Fsp3) is 0.350. The van der Waals surface area contributed by atoms with Gasteiger partial charge in [-0.25, -0.2) is 9.97 Å². The molecule has 0 unspecified atom stereocenters. The van der Waals surface area contributed by atoms with Gasteiger partial charge in [0.25, 0.3) is 5.91 Å². The first-order valence-corrected chi connectivity index (χ1v) is 10.0. The smallest absolute Gasteiger partial charge is 0.251 e. The number of fused-ring (bicyclic) bond motifs is 1. The Kier molecular flexibility index (Phi) is 6.58. The van der Waals surface area contributed by atoms with Crippen LogP contribution in [0.2, 0.25) is 0 Å². The van der Waals surface area contributed by atoms with Crippen molar-refractivity contribution in [3.8, 4) is 11.4 Å². The number of nitrogens with one attached hydrogen (secondary N) is 2. The number of pyridine rings is 1. The summed E-state index contributed by atoms with van der Waals surface area (Å²) in [6, 6.07) is 9.35. The molecule has 1 amide bonds. The molecular formula is C20H24BrN5O. The molecule has 0 saturated carbocycles. The third-order valence-corrected chi connectivity index (χ3v) is 5.23. The van der Waals surface area contributed by atoms with Crippen LogP contribution in [0.25, 0.3) is 22.6 Å². The molecule has 2 heterocycles. The van der Waals surface area contributed by atoms with Crippen molar-refractivity contribution in [2.75, 3.05) is 26.2 Å². The van der Waals surface area contributed by atoms with Crippen LogP contribution >= 0.6 is 15.9 Å². The van der Waals surface area contributed by atoms with Crippen LogP contribution in [0.15, 0.2) is 41.0 Å². The minimum absolute atomic E-state index is 0.0620. The van der Waals surface area contributed by atoms with Crippen molar-refractivity contribution >= 4 is 33.0 Å². The van der Waals surface area contributed by atoms with Crippen molar-refractivity contribution in [2.24, 2.45) is 0 Å². The lowest BCUT2D eigenvalue weighted by atomic mass is 10.1. The van der Waals surface area contributed by atoms with Gasteiger partial charge in [0.2, 0.25) is 0 Å². The molecule has 1 aromatic carbocycles. The number of rotatable bonds is 8. The summed E-state index contributed by atoms with van der Waals surface area (Å²) < 4.78 is 0.817. The maximum absolute atomic E-state index is 12.4. The van der Waals surface area contributed by atoms with Gasteiger partial charge in [0.05, 0.1) is 5.52 Å². The van der Waals surface area contributed by atoms with Gasteiger partial charge in [0.1, 0.15) is 5.82 Å². The van der Waals surface area contributed by atoms with Crippen molar-refractivity contribution in [1.29, 1.82) is 0 Å². The number of carbonyl (C=O) groups is 1. The van der Waals surface area contributed by atoms with Crippen molar-refractivity contribution in [3.63, 3.8) is 0 Å². The van der Waals surface area contributed by atoms with Gasteiger partial charge < -0.3 is 15.2 Å². The van der Waals surface area contributed by atoms with Gasteiger partial charge in [-0.15, -0.1) is 0 Å². The lowest BCUT2D eigenvalue weighted by molar-refractivity contribution is 0.0952. The maximum Gasteiger partial charge on any atom is 0.251 e. The van der Waals surface area contributed by atoms with E-state index in [0.29, 0.717) is 17.8 Å². The van der Waals surface area contributed by atoms with Gasteiger partial charge in [-0.3, -0.25) is 4.79 Å². The van der Waals surface area contributed by atoms with E-state index in [9.17, 15) is 4.79 Å². The predicted molar refractivity (Wildman–Crippen MR) is 112 cm³/mol. The summed E-state index contributed by atoms with van der Waals surface area (Å²) in [6.07, 6.45) is 2.66. The Balaban J connectivity index is 1.64. The summed E-state index contributed by atoms with van der Waals surface area (Å²) >= 11 is 3.56. The lowest BCUT2D eigenvalue weighted by Gasteiger charge is -2.17. The molecule has 27 heavy (non-hydrogen) atoms. The van der Waals surface area contributed by atoms with Gasteiger partial charge in [-0.2, -0.15) is 0 Å². The standard InChI is InChI=1S/C20H24BrN5O/c1-3-26(4-2)12-6-11-23-20(27)14-8-9-15(16(21)13-14)18-24-17-7-5-10-22-19(17)25-18/h5,7-10,13H,3-4,6,11-12H2,1-2H3,(H,23,27)(H,22,24,25). The van der Waals surface area contributed by atoms with E-state index >= 15 is 0 Å². The van der Waals surface area contributed by atoms with Gasteiger partial charge in [-0.1, -0.05) is 29.8 Å². The fourth-order valence-electron chi connectivity index (χ4n) is 2.97. The Hall–Kier alpha value is -2.25. The number of halogens is 1. The van der Waals surface area contributed by atoms with Crippen LogP contribution in [-0.2, 0) is 0 Å². The topological polar surface area (TPSA) is 73.9 Å². The number of carbonyl (C=O) groups excluding carboxylic acids is 1. The van der Waals surface area contributed by atoms with E-state index in [-0.39, 0.29) is 5.91 Å². The number of aromatic nitrogens is 3. The average molecular weight is 430 g/mol. The van der Waals surface area contributed by atoms with Gasteiger partial charge >= 0.3 is 0 Å². The number of hydrogen-bond donors (Lipinski definition) is 2. The van der Waals surface area contributed by atoms with Crippen LogP contribution in [0.5, 0.6) is 0 Å². The number of aromatic amines is 1. The Morgan fingerprint density at radius 2 is 2.07 bits per heavy atom. The summed E-state index contributed by atoms with van der Waals surface area (Å²) in [5.41, 5.74) is 3.08. The maximum atomic E-state index is 12.4. The second-order valence-corrected chi connectivity index (χ2v) is 7.15. The Morgan fingerprint density at radius 1 is 1.26 bits per heavy atom. The number of H-pyrrole nitrogens is 1. The van der Waals surface area contributed by atoms with Crippen LogP contribution in [0.1, 0.15) is 30.6 Å². The number of amides is 1. The highest BCUT2D eigenvalue weighted by Crippen LogP contribution is 2.28. The van der Waals surface area contributed by atoms with Gasteiger partial charge in [-0.05, 0) is 56.4 Å². The normalized spacial score (nSPS) is 11.3. The summed E-state index contributed by atoms with van der Waals surface area (Å²) in [6.45, 7) is 8.05. The Morgan fingerprint density at radius 3 is 2.78 bits per heavy atom. The molecule has 0 saturated heterocycles. The number of hydrogen-bond acceptors (Lipinski definition) is 4. The Bertz CT molecular complexity index is 887. The zero-order chi connectivity index (χ0) is 19.2. The van der Waals surface area contributed by atoms with Crippen molar-refractivity contribution in [3.05, 3.63) is 46.6 Å². The molecule has 3 aromatic rings. The van der Waals surface area contributed by atoms with Gasteiger partial charge in [0.15, 0.2) is 5.65 Å². The van der Waals surface area contributed by atoms with Crippen molar-refractivity contribution in [1.82, 2.24) is 25.2 Å². The molecule has 7 heteroatoms. The summed E-state index contributed by atoms with van der Waals surface area (Å²) in [5.74, 6) is 0.662. The molecule has 0 atom stereocenters. The SMILES string of the molecule is CCN(CC)CCCNC(=O)c1ccc(-c2nc3ncccc3[nH]2)c(Br)c1. The molecular weight excluding hydrogens is 406 g/mol. The number of nitrogens with zero attached hydrogens (tertiary/aromatic N) is 3. The second-order valence-electron chi connectivity index (χ2n) is 6.29. The largest absolute Gasteiger partial charge is 0.352 e. The van der Waals surface area contributed by atoms with E-state index in [1.54, 1.807) is 6.20 Å². The van der Waals surface area contributed by atoms with Crippen LogP contribution in [0.4, 0.5) is 0 Å². The highest BCUT2D eigenvalue weighted by atomic mass is 79.9. The third-order valence-electron chi connectivity index (χ3n) is 4.57. The predicted octanol–water partition coefficient (Wildman–Crippen LogP) is 3.85. The minimum Gasteiger partial charge on any atom is -0.352 e. The molecule has 0 aliphatic carbocycles. The first kappa shape index (κ1) is 19.5. The van der Waals surface area contributed by atoms with Crippen LogP contribution in [0, 0.1) is 0 Å². The molecule has 3 rings (SSSR count). The fourth-order valence-corrected chi connectivity index (χ4v) is 3.53. The molecule has 0 bridgehead atoms. The zero-order valence-electron chi connectivity index (χ0n) is 15.6. The molecule has 0 fully saturated rings. The molecule has 142 valence electrons. The number of benzene rings is 1. The monoisotopic (exact) mass is 429 g/mol. The summed E-state index contributed by atoms with van der Waals surface area (Å²) in [5, 5.41) is 2.99. The molecule has 2 N–H and O–H groups in total. The molecule has 0 radical (unpaired) electrons. The zero-order valence-corrected chi connectivity index (χ0v) is 17.2. The van der Waals surface area contributed by atoms with E-state index in [2.05, 4.69) is 54.9 Å². The number of imidazole rings is 1. The van der Waals surface area contributed by atoms with Crippen molar-refractivity contribution in [2.45, 2.75) is 20.3 Å². The van der Waals surface area contributed by atoms with E-state index in [0.717, 1.165) is 47.4 Å². The molecule has 0 aliphatic heterocycles. The molecule has 0 spiro atoms. The van der Waals surface area contributed by atoms with E-state index in [1.807, 2.05) is 30.3 Å². The quantitative estimate of drug-likeness (QED) is 0.533. The second kappa shape index (κ2) is 9.10. The van der Waals surface area contributed by atoms with Crippen molar-refractivity contribution < 1.29 is 4.79 Å². The van der Waals surface area contributed by atoms with E-state index in [1.165, 1.54) is 0 Å². The average Bonchev–Trinajstić information content (AvgIpc) is 3.11. The lowest BCUT2D eigenvalue weighted by Crippen LogP contribution is -2.29. The van der Waals surface area contributed by atoms with Crippen LogP contribution in [-0.4, -0.2) is 51.9 Å². The summed E-state index contributed by atoms with van der Waals surface area (Å²) in [4.78, 5) is 26.7. The molecule has 6 nitrogen and oxygen atoms in total. The van der Waals surface area contributed by atoms with Crippen LogP contribution in [0.3, 0.4) is 0 Å². The van der Waals surface area contributed by atoms with Gasteiger partial charge in [0, 0.05) is 28.3 Å². The third kappa shape index (κ3) is 4.73. The molecule has 0 aliphatic rings. The summed E-state index contributed by atoms with van der Waals surface area (Å²) in [7, 11) is 0. The molecule has 2 aromatic heterocycles. The van der Waals surface area contributed by atoms with E-state index in [4.69, 9.17) is 0 Å². The van der Waals surface area contributed by atoms with E-state index < -0.39 is 0 Å². The first-order valence-electron chi connectivity index (χ1n) is 9.23.